The zero-order chi connectivity index (χ0) is 15.0. The van der Waals surface area contributed by atoms with Crippen molar-refractivity contribution in [2.24, 2.45) is 17.1 Å². The van der Waals surface area contributed by atoms with E-state index >= 15 is 0 Å². The maximum atomic E-state index is 6.18. The van der Waals surface area contributed by atoms with Gasteiger partial charge in [0.2, 0.25) is 11.7 Å². The zero-order valence-electron chi connectivity index (χ0n) is 13.3. The minimum Gasteiger partial charge on any atom is -0.370 e. The third-order valence-electron chi connectivity index (χ3n) is 4.52. The van der Waals surface area contributed by atoms with Gasteiger partial charge < -0.3 is 15.0 Å². The van der Waals surface area contributed by atoms with Crippen LogP contribution in [-0.4, -0.2) is 17.3 Å². The van der Waals surface area contributed by atoms with E-state index in [1.807, 2.05) is 0 Å². The molecule has 1 atom stereocenters. The van der Waals surface area contributed by atoms with E-state index in [-0.39, 0.29) is 11.5 Å². The third kappa shape index (κ3) is 2.88. The molecule has 2 rings (SSSR count). The van der Waals surface area contributed by atoms with Crippen LogP contribution in [0.15, 0.2) is 4.52 Å². The van der Waals surface area contributed by atoms with Crippen molar-refractivity contribution in [3.05, 3.63) is 11.7 Å². The Morgan fingerprint density at radius 2 is 1.95 bits per heavy atom. The molecule has 1 aromatic heterocycles. The van der Waals surface area contributed by atoms with Gasteiger partial charge in [0.15, 0.2) is 0 Å². The smallest absolute Gasteiger partial charge is 0.244 e. The molecule has 1 aliphatic carbocycles. The van der Waals surface area contributed by atoms with Gasteiger partial charge >= 0.3 is 0 Å². The first-order chi connectivity index (χ1) is 9.28. The van der Waals surface area contributed by atoms with Crippen LogP contribution in [-0.2, 0) is 10.3 Å². The van der Waals surface area contributed by atoms with Gasteiger partial charge in [-0.15, -0.1) is 0 Å². The molecule has 0 saturated heterocycles. The van der Waals surface area contributed by atoms with Gasteiger partial charge in [-0.3, -0.25) is 0 Å². The number of ether oxygens (including phenoxy) is 1. The van der Waals surface area contributed by atoms with Crippen LogP contribution in [0.4, 0.5) is 0 Å². The van der Waals surface area contributed by atoms with Gasteiger partial charge in [0, 0.05) is 7.11 Å². The predicted octanol–water partition coefficient (Wildman–Crippen LogP) is 3.17. The Balaban J connectivity index is 2.23. The Labute approximate surface area is 121 Å². The molecule has 0 amide bonds. The summed E-state index contributed by atoms with van der Waals surface area (Å²) in [5, 5.41) is 4.15. The number of nitrogens with zero attached hydrogens (tertiary/aromatic N) is 2. The fraction of sp³-hybridized carbons (Fsp3) is 0.867. The van der Waals surface area contributed by atoms with Crippen LogP contribution in [0.2, 0.25) is 0 Å². The van der Waals surface area contributed by atoms with E-state index in [1.165, 1.54) is 0 Å². The average Bonchev–Trinajstić information content (AvgIpc) is 2.88. The summed E-state index contributed by atoms with van der Waals surface area (Å²) in [6, 6.07) is -0.264. The minimum atomic E-state index is -0.397. The Morgan fingerprint density at radius 1 is 1.35 bits per heavy atom. The van der Waals surface area contributed by atoms with Crippen molar-refractivity contribution >= 4 is 0 Å². The van der Waals surface area contributed by atoms with E-state index in [2.05, 4.69) is 37.8 Å². The highest BCUT2D eigenvalue weighted by Gasteiger charge is 2.41. The summed E-state index contributed by atoms with van der Waals surface area (Å²) in [5.74, 6) is 1.89. The lowest BCUT2D eigenvalue weighted by atomic mass is 9.79. The normalized spacial score (nSPS) is 29.4. The molecule has 5 nitrogen and oxygen atoms in total. The Kier molecular flexibility index (Phi) is 4.21. The number of hydrogen-bond donors (Lipinski definition) is 1. The molecule has 0 aromatic carbocycles. The second-order valence-corrected chi connectivity index (χ2v) is 7.18. The van der Waals surface area contributed by atoms with Crippen molar-refractivity contribution in [3.8, 4) is 0 Å². The van der Waals surface area contributed by atoms with E-state index < -0.39 is 5.60 Å². The van der Waals surface area contributed by atoms with Gasteiger partial charge in [-0.25, -0.2) is 0 Å². The van der Waals surface area contributed by atoms with E-state index in [1.54, 1.807) is 7.11 Å². The Morgan fingerprint density at radius 3 is 2.45 bits per heavy atom. The van der Waals surface area contributed by atoms with Gasteiger partial charge in [0.05, 0.1) is 6.04 Å². The zero-order valence-corrected chi connectivity index (χ0v) is 13.3. The summed E-state index contributed by atoms with van der Waals surface area (Å²) in [6.07, 6.45) is 4.13. The van der Waals surface area contributed by atoms with Crippen molar-refractivity contribution in [2.75, 3.05) is 7.11 Å². The molecule has 114 valence electrons. The van der Waals surface area contributed by atoms with Crippen LogP contribution in [0.25, 0.3) is 0 Å². The topological polar surface area (TPSA) is 74.2 Å². The second kappa shape index (κ2) is 5.45. The van der Waals surface area contributed by atoms with E-state index in [9.17, 15) is 0 Å². The molecule has 1 aliphatic rings. The number of aromatic nitrogens is 2. The average molecular weight is 281 g/mol. The third-order valence-corrected chi connectivity index (χ3v) is 4.52. The number of hydrogen-bond acceptors (Lipinski definition) is 5. The van der Waals surface area contributed by atoms with E-state index in [0.29, 0.717) is 11.7 Å². The summed E-state index contributed by atoms with van der Waals surface area (Å²) in [4.78, 5) is 4.54. The molecular weight excluding hydrogens is 254 g/mol. The van der Waals surface area contributed by atoms with Gasteiger partial charge in [0.1, 0.15) is 5.60 Å². The first kappa shape index (κ1) is 15.4. The maximum Gasteiger partial charge on any atom is 0.244 e. The Bertz CT molecular complexity index is 442. The second-order valence-electron chi connectivity index (χ2n) is 7.18. The van der Waals surface area contributed by atoms with E-state index in [4.69, 9.17) is 15.0 Å². The molecule has 1 aromatic rings. The highest BCUT2D eigenvalue weighted by molar-refractivity contribution is 5.06. The quantitative estimate of drug-likeness (QED) is 0.921. The van der Waals surface area contributed by atoms with Crippen molar-refractivity contribution < 1.29 is 9.26 Å². The molecule has 5 heteroatoms. The van der Waals surface area contributed by atoms with Gasteiger partial charge in [0.25, 0.3) is 0 Å². The van der Waals surface area contributed by atoms with Crippen molar-refractivity contribution in [2.45, 2.75) is 65.0 Å². The standard InChI is InChI=1S/C15H27N3O2/c1-10-6-8-15(19-5,9-7-10)13-17-12(20-18-13)11(16)14(2,3)4/h10-11H,6-9,16H2,1-5H3/t10?,11-,15?/m0/s1. The van der Waals surface area contributed by atoms with Crippen LogP contribution in [0.5, 0.6) is 0 Å². The van der Waals surface area contributed by atoms with Gasteiger partial charge in [-0.1, -0.05) is 32.9 Å². The largest absolute Gasteiger partial charge is 0.370 e. The number of methoxy groups -OCH3 is 1. The summed E-state index contributed by atoms with van der Waals surface area (Å²) in [6.45, 7) is 8.47. The lowest BCUT2D eigenvalue weighted by Gasteiger charge is -2.35. The van der Waals surface area contributed by atoms with Gasteiger partial charge in [-0.05, 0) is 37.0 Å². The molecule has 0 bridgehead atoms. The number of nitrogens with two attached hydrogens (primary N) is 1. The Hall–Kier alpha value is -0.940. The van der Waals surface area contributed by atoms with Crippen LogP contribution < -0.4 is 5.73 Å². The summed E-state index contributed by atoms with van der Waals surface area (Å²) in [5.41, 5.74) is 5.68. The van der Waals surface area contributed by atoms with Crippen LogP contribution >= 0.6 is 0 Å². The highest BCUT2D eigenvalue weighted by Crippen LogP contribution is 2.41. The molecule has 0 spiro atoms. The summed E-state index contributed by atoms with van der Waals surface area (Å²) < 4.78 is 11.2. The lowest BCUT2D eigenvalue weighted by Crippen LogP contribution is -2.34. The molecule has 2 N–H and O–H groups in total. The molecule has 1 saturated carbocycles. The molecule has 0 aliphatic heterocycles. The van der Waals surface area contributed by atoms with Crippen LogP contribution in [0.3, 0.4) is 0 Å². The predicted molar refractivity (Wildman–Crippen MR) is 77.0 cm³/mol. The molecule has 1 heterocycles. The monoisotopic (exact) mass is 281 g/mol. The molecule has 0 unspecified atom stereocenters. The molecular formula is C15H27N3O2. The summed E-state index contributed by atoms with van der Waals surface area (Å²) >= 11 is 0. The van der Waals surface area contributed by atoms with Crippen molar-refractivity contribution in [1.82, 2.24) is 10.1 Å². The lowest BCUT2D eigenvalue weighted by molar-refractivity contribution is -0.0609. The van der Waals surface area contributed by atoms with Gasteiger partial charge in [-0.2, -0.15) is 4.98 Å². The van der Waals surface area contributed by atoms with E-state index in [0.717, 1.165) is 31.6 Å². The molecule has 0 radical (unpaired) electrons. The van der Waals surface area contributed by atoms with Crippen molar-refractivity contribution in [1.29, 1.82) is 0 Å². The van der Waals surface area contributed by atoms with Crippen LogP contribution in [0, 0.1) is 11.3 Å². The molecule has 20 heavy (non-hydrogen) atoms. The van der Waals surface area contributed by atoms with Crippen LogP contribution in [0.1, 0.15) is 71.1 Å². The number of rotatable bonds is 3. The highest BCUT2D eigenvalue weighted by atomic mass is 16.5. The summed E-state index contributed by atoms with van der Waals surface area (Å²) in [7, 11) is 1.73. The SMILES string of the molecule is COC1(c2noc([C@H](N)C(C)(C)C)n2)CCC(C)CC1. The van der Waals surface area contributed by atoms with Crippen molar-refractivity contribution in [3.63, 3.8) is 0 Å². The first-order valence-electron chi connectivity index (χ1n) is 7.43. The molecule has 1 fully saturated rings. The minimum absolute atomic E-state index is 0.106. The fourth-order valence-electron chi connectivity index (χ4n) is 2.66. The fourth-order valence-corrected chi connectivity index (χ4v) is 2.66. The first-order valence-corrected chi connectivity index (χ1v) is 7.43. The maximum absolute atomic E-state index is 6.18.